The molecule has 0 fully saturated rings. The first-order valence-corrected chi connectivity index (χ1v) is 4.43. The van der Waals surface area contributed by atoms with Crippen molar-refractivity contribution in [1.29, 1.82) is 0 Å². The van der Waals surface area contributed by atoms with Crippen molar-refractivity contribution < 1.29 is 0 Å². The Morgan fingerprint density at radius 3 is 2.91 bits per heavy atom. The minimum Gasteiger partial charge on any atom is -0.0840 e. The van der Waals surface area contributed by atoms with Gasteiger partial charge in [0.1, 0.15) is 0 Å². The maximum Gasteiger partial charge on any atom is 0.0441 e. The maximum absolute atomic E-state index is 6.02. The molecule has 0 unspecified atom stereocenters. The minimum atomic E-state index is 0.929. The largest absolute Gasteiger partial charge is 0.0840 e. The van der Waals surface area contributed by atoms with Gasteiger partial charge in [0.15, 0.2) is 0 Å². The number of halogens is 1. The Balaban J connectivity index is 2.49. The summed E-state index contributed by atoms with van der Waals surface area (Å²) >= 11 is 6.02. The number of rotatable bonds is 0. The minimum absolute atomic E-state index is 0.929. The van der Waals surface area contributed by atoms with Gasteiger partial charge in [0.2, 0.25) is 0 Å². The molecule has 11 heavy (non-hydrogen) atoms. The molecule has 0 saturated heterocycles. The zero-order chi connectivity index (χ0) is 7.68. The Labute approximate surface area is 72.2 Å². The van der Waals surface area contributed by atoms with Crippen LogP contribution in [0.25, 0.3) is 0 Å². The molecule has 1 radical (unpaired) electrons. The normalized spacial score (nSPS) is 16.1. The van der Waals surface area contributed by atoms with Crippen LogP contribution >= 0.6 is 11.6 Å². The molecule has 0 aliphatic heterocycles. The second-order valence-corrected chi connectivity index (χ2v) is 3.40. The lowest BCUT2D eigenvalue weighted by atomic mass is 9.92. The summed E-state index contributed by atoms with van der Waals surface area (Å²) in [5.74, 6) is 0. The third-order valence-corrected chi connectivity index (χ3v) is 2.60. The van der Waals surface area contributed by atoms with Crippen LogP contribution in [-0.4, -0.2) is 0 Å². The predicted octanol–water partition coefficient (Wildman–Crippen LogP) is 3.02. The van der Waals surface area contributed by atoms with Gasteiger partial charge in [-0.3, -0.25) is 0 Å². The monoisotopic (exact) mass is 165 g/mol. The van der Waals surface area contributed by atoms with Gasteiger partial charge in [0.05, 0.1) is 0 Å². The molecule has 1 aromatic carbocycles. The molecular weight excluding hydrogens is 156 g/mol. The molecule has 57 valence electrons. The van der Waals surface area contributed by atoms with Crippen LogP contribution in [0.15, 0.2) is 12.1 Å². The van der Waals surface area contributed by atoms with Crippen molar-refractivity contribution >= 4 is 11.6 Å². The van der Waals surface area contributed by atoms with Crippen LogP contribution in [0.5, 0.6) is 0 Å². The van der Waals surface area contributed by atoms with Gasteiger partial charge in [-0.25, -0.2) is 0 Å². The highest BCUT2D eigenvalue weighted by Crippen LogP contribution is 2.26. The molecule has 2 rings (SSSR count). The number of aryl methyl sites for hydroxylation is 1. The first kappa shape index (κ1) is 7.17. The van der Waals surface area contributed by atoms with E-state index in [2.05, 4.69) is 6.07 Å². The topological polar surface area (TPSA) is 0 Å². The van der Waals surface area contributed by atoms with Gasteiger partial charge < -0.3 is 0 Å². The molecule has 1 aliphatic carbocycles. The second-order valence-electron chi connectivity index (χ2n) is 2.99. The SMILES string of the molecule is Clc1cc[c]c2c1CCCC2. The van der Waals surface area contributed by atoms with Gasteiger partial charge in [-0.1, -0.05) is 17.7 Å². The summed E-state index contributed by atoms with van der Waals surface area (Å²) in [7, 11) is 0. The van der Waals surface area contributed by atoms with Crippen LogP contribution in [0.1, 0.15) is 24.0 Å². The Hall–Kier alpha value is -0.490. The van der Waals surface area contributed by atoms with Crippen LogP contribution in [0.2, 0.25) is 5.02 Å². The molecule has 0 amide bonds. The maximum atomic E-state index is 6.02. The third kappa shape index (κ3) is 1.28. The molecule has 1 heteroatoms. The average Bonchev–Trinajstić information content (AvgIpc) is 2.06. The van der Waals surface area contributed by atoms with E-state index >= 15 is 0 Å². The summed E-state index contributed by atoms with van der Waals surface area (Å²) in [6.45, 7) is 0. The molecular formula is C10H10Cl. The highest BCUT2D eigenvalue weighted by atomic mass is 35.5. The van der Waals surface area contributed by atoms with Crippen LogP contribution in [0.3, 0.4) is 0 Å². The van der Waals surface area contributed by atoms with Crippen molar-refractivity contribution in [2.75, 3.05) is 0 Å². The van der Waals surface area contributed by atoms with Crippen LogP contribution in [-0.2, 0) is 12.8 Å². The van der Waals surface area contributed by atoms with E-state index in [0.717, 1.165) is 17.9 Å². The van der Waals surface area contributed by atoms with Gasteiger partial charge in [0.25, 0.3) is 0 Å². The Morgan fingerprint density at radius 1 is 1.27 bits per heavy atom. The molecule has 0 spiro atoms. The fraction of sp³-hybridized carbons (Fsp3) is 0.400. The predicted molar refractivity (Wildman–Crippen MR) is 46.9 cm³/mol. The third-order valence-electron chi connectivity index (χ3n) is 2.24. The summed E-state index contributed by atoms with van der Waals surface area (Å²) in [6, 6.07) is 7.10. The van der Waals surface area contributed by atoms with E-state index in [1.807, 2.05) is 12.1 Å². The average molecular weight is 166 g/mol. The fourth-order valence-electron chi connectivity index (χ4n) is 1.64. The number of fused-ring (bicyclic) bond motifs is 1. The second kappa shape index (κ2) is 2.86. The molecule has 0 nitrogen and oxygen atoms in total. The van der Waals surface area contributed by atoms with Crippen molar-refractivity contribution in [2.45, 2.75) is 25.7 Å². The molecule has 0 heterocycles. The highest BCUT2D eigenvalue weighted by molar-refractivity contribution is 6.31. The first-order valence-electron chi connectivity index (χ1n) is 4.06. The molecule has 0 bridgehead atoms. The lowest BCUT2D eigenvalue weighted by molar-refractivity contribution is 0.685. The fourth-order valence-corrected chi connectivity index (χ4v) is 1.92. The smallest absolute Gasteiger partial charge is 0.0441 e. The number of benzene rings is 1. The van der Waals surface area contributed by atoms with Gasteiger partial charge >= 0.3 is 0 Å². The van der Waals surface area contributed by atoms with E-state index in [9.17, 15) is 0 Å². The van der Waals surface area contributed by atoms with Crippen molar-refractivity contribution in [1.82, 2.24) is 0 Å². The summed E-state index contributed by atoms with van der Waals surface area (Å²) < 4.78 is 0. The van der Waals surface area contributed by atoms with E-state index in [-0.39, 0.29) is 0 Å². The van der Waals surface area contributed by atoms with E-state index in [4.69, 9.17) is 11.6 Å². The quantitative estimate of drug-likeness (QED) is 0.555. The highest BCUT2D eigenvalue weighted by Gasteiger charge is 2.10. The molecule has 0 atom stereocenters. The Bertz CT molecular complexity index is 266. The molecule has 0 aromatic heterocycles. The van der Waals surface area contributed by atoms with E-state index in [1.165, 1.54) is 24.0 Å². The van der Waals surface area contributed by atoms with Crippen molar-refractivity contribution in [3.63, 3.8) is 0 Å². The Kier molecular flexibility index (Phi) is 1.87. The van der Waals surface area contributed by atoms with Gasteiger partial charge in [-0.05, 0) is 48.9 Å². The zero-order valence-corrected chi connectivity index (χ0v) is 7.12. The molecule has 0 saturated carbocycles. The number of hydrogen-bond donors (Lipinski definition) is 0. The summed E-state index contributed by atoms with van der Waals surface area (Å²) in [6.07, 6.45) is 4.88. The summed E-state index contributed by atoms with van der Waals surface area (Å²) in [4.78, 5) is 0. The summed E-state index contributed by atoms with van der Waals surface area (Å²) in [5.41, 5.74) is 2.67. The van der Waals surface area contributed by atoms with Gasteiger partial charge in [-0.15, -0.1) is 0 Å². The van der Waals surface area contributed by atoms with Crippen molar-refractivity contribution in [3.05, 3.63) is 34.3 Å². The van der Waals surface area contributed by atoms with Crippen molar-refractivity contribution in [3.8, 4) is 0 Å². The molecule has 1 aromatic rings. The van der Waals surface area contributed by atoms with Crippen LogP contribution in [0, 0.1) is 6.07 Å². The molecule has 1 aliphatic rings. The Morgan fingerprint density at radius 2 is 2.09 bits per heavy atom. The zero-order valence-electron chi connectivity index (χ0n) is 6.36. The van der Waals surface area contributed by atoms with Crippen LogP contribution < -0.4 is 0 Å². The standard InChI is InChI=1S/C10H10Cl/c11-10-7-3-5-8-4-1-2-6-9(8)10/h3,7H,1-2,4,6H2. The number of hydrogen-bond acceptors (Lipinski definition) is 0. The van der Waals surface area contributed by atoms with E-state index < -0.39 is 0 Å². The van der Waals surface area contributed by atoms with Gasteiger partial charge in [0, 0.05) is 5.02 Å². The molecule has 0 N–H and O–H groups in total. The lowest BCUT2D eigenvalue weighted by Crippen LogP contribution is -2.02. The van der Waals surface area contributed by atoms with Gasteiger partial charge in [-0.2, -0.15) is 0 Å². The first-order chi connectivity index (χ1) is 5.38. The van der Waals surface area contributed by atoms with E-state index in [0.29, 0.717) is 0 Å². The van der Waals surface area contributed by atoms with Crippen molar-refractivity contribution in [2.24, 2.45) is 0 Å². The van der Waals surface area contributed by atoms with Crippen LogP contribution in [0.4, 0.5) is 0 Å². The lowest BCUT2D eigenvalue weighted by Gasteiger charge is -2.15. The summed E-state index contributed by atoms with van der Waals surface area (Å²) in [5, 5.41) is 0.929. The van der Waals surface area contributed by atoms with E-state index in [1.54, 1.807) is 0 Å².